The van der Waals surface area contributed by atoms with Gasteiger partial charge >= 0.3 is 0 Å². The van der Waals surface area contributed by atoms with Crippen LogP contribution in [0.25, 0.3) is 0 Å². The van der Waals surface area contributed by atoms with Crippen LogP contribution in [0.4, 0.5) is 0 Å². The van der Waals surface area contributed by atoms with E-state index in [2.05, 4.69) is 11.1 Å². The predicted octanol–water partition coefficient (Wildman–Crippen LogP) is 1.85. The monoisotopic (exact) mass is 187 g/mol. The molecule has 0 saturated heterocycles. The molecule has 1 aliphatic rings. The smallest absolute Gasteiger partial charge is 0.101 e. The second kappa shape index (κ2) is 3.39. The first-order valence-electron chi connectivity index (χ1n) is 4.89. The van der Waals surface area contributed by atoms with Gasteiger partial charge in [0.15, 0.2) is 0 Å². The van der Waals surface area contributed by atoms with Crippen molar-refractivity contribution in [1.29, 1.82) is 5.26 Å². The number of rotatable bonds is 2. The highest BCUT2D eigenvalue weighted by molar-refractivity contribution is 5.37. The molecule has 3 nitrogen and oxygen atoms in total. The fourth-order valence-corrected chi connectivity index (χ4v) is 1.54. The van der Waals surface area contributed by atoms with Gasteiger partial charge in [-0.2, -0.15) is 5.26 Å². The molecule has 1 aliphatic carbocycles. The topological polar surface area (TPSA) is 62.7 Å². The molecule has 1 fully saturated rings. The quantitative estimate of drug-likeness (QED) is 0.768. The standard InChI is InChI=1S/C11H13N3/c1-7(13)11-9(6-12)4-5-10(14-11)8-2-3-8/h4-5,7-8H,2-3,13H2,1H3/t7-/m0/s1. The Balaban J connectivity index is 2.42. The van der Waals surface area contributed by atoms with Gasteiger partial charge < -0.3 is 5.73 Å². The van der Waals surface area contributed by atoms with Gasteiger partial charge in [-0.1, -0.05) is 0 Å². The van der Waals surface area contributed by atoms with Crippen molar-refractivity contribution in [2.45, 2.75) is 31.7 Å². The zero-order valence-electron chi connectivity index (χ0n) is 8.20. The van der Waals surface area contributed by atoms with Gasteiger partial charge in [-0.15, -0.1) is 0 Å². The molecule has 0 aromatic carbocycles. The summed E-state index contributed by atoms with van der Waals surface area (Å²) >= 11 is 0. The SMILES string of the molecule is C[C@H](N)c1nc(C2CC2)ccc1C#N. The molecule has 0 aliphatic heterocycles. The Hall–Kier alpha value is -1.40. The van der Waals surface area contributed by atoms with E-state index in [9.17, 15) is 0 Å². The molecule has 0 radical (unpaired) electrons. The highest BCUT2D eigenvalue weighted by Gasteiger charge is 2.25. The molecule has 72 valence electrons. The number of hydrogen-bond acceptors (Lipinski definition) is 3. The van der Waals surface area contributed by atoms with Crippen LogP contribution in [-0.4, -0.2) is 4.98 Å². The summed E-state index contributed by atoms with van der Waals surface area (Å²) in [4.78, 5) is 4.46. The van der Waals surface area contributed by atoms with E-state index in [0.717, 1.165) is 11.4 Å². The Labute approximate surface area is 83.6 Å². The Morgan fingerprint density at radius 3 is 2.79 bits per heavy atom. The van der Waals surface area contributed by atoms with Gasteiger partial charge in [-0.25, -0.2) is 0 Å². The lowest BCUT2D eigenvalue weighted by atomic mass is 10.1. The molecule has 0 bridgehead atoms. The predicted molar refractivity (Wildman–Crippen MR) is 53.5 cm³/mol. The largest absolute Gasteiger partial charge is 0.323 e. The first kappa shape index (κ1) is 9.17. The van der Waals surface area contributed by atoms with E-state index in [1.807, 2.05) is 19.1 Å². The van der Waals surface area contributed by atoms with Crippen LogP contribution in [0.15, 0.2) is 12.1 Å². The van der Waals surface area contributed by atoms with Gasteiger partial charge in [-0.05, 0) is 31.9 Å². The highest BCUT2D eigenvalue weighted by atomic mass is 14.8. The molecule has 0 amide bonds. The van der Waals surface area contributed by atoms with E-state index in [4.69, 9.17) is 11.0 Å². The van der Waals surface area contributed by atoms with Crippen molar-refractivity contribution < 1.29 is 0 Å². The molecule has 0 unspecified atom stereocenters. The van der Waals surface area contributed by atoms with Crippen molar-refractivity contribution in [3.63, 3.8) is 0 Å². The molecule has 2 N–H and O–H groups in total. The summed E-state index contributed by atoms with van der Waals surface area (Å²) in [6.07, 6.45) is 2.44. The molecule has 3 heteroatoms. The lowest BCUT2D eigenvalue weighted by Crippen LogP contribution is -2.10. The second-order valence-electron chi connectivity index (χ2n) is 3.84. The van der Waals surface area contributed by atoms with Crippen molar-refractivity contribution in [3.8, 4) is 6.07 Å². The fourth-order valence-electron chi connectivity index (χ4n) is 1.54. The fraction of sp³-hybridized carbons (Fsp3) is 0.455. The molecule has 1 saturated carbocycles. The number of aromatic nitrogens is 1. The van der Waals surface area contributed by atoms with Crippen molar-refractivity contribution in [2.75, 3.05) is 0 Å². The molecule has 1 aromatic rings. The van der Waals surface area contributed by atoms with Gasteiger partial charge in [0, 0.05) is 17.7 Å². The molecule has 1 atom stereocenters. The van der Waals surface area contributed by atoms with Crippen LogP contribution in [0.1, 0.15) is 48.7 Å². The zero-order chi connectivity index (χ0) is 10.1. The first-order valence-corrected chi connectivity index (χ1v) is 4.89. The third kappa shape index (κ3) is 1.61. The van der Waals surface area contributed by atoms with Crippen LogP contribution in [0.3, 0.4) is 0 Å². The number of nitrogens with zero attached hydrogens (tertiary/aromatic N) is 2. The minimum atomic E-state index is -0.164. The lowest BCUT2D eigenvalue weighted by Gasteiger charge is -2.08. The summed E-state index contributed by atoms with van der Waals surface area (Å²) < 4.78 is 0. The molecule has 1 heterocycles. The number of pyridine rings is 1. The first-order chi connectivity index (χ1) is 6.72. The van der Waals surface area contributed by atoms with Gasteiger partial charge in [0.2, 0.25) is 0 Å². The molecular formula is C11H13N3. The minimum Gasteiger partial charge on any atom is -0.323 e. The van der Waals surface area contributed by atoms with Crippen LogP contribution in [-0.2, 0) is 0 Å². The highest BCUT2D eigenvalue weighted by Crippen LogP contribution is 2.39. The van der Waals surface area contributed by atoms with E-state index in [1.165, 1.54) is 12.8 Å². The molecule has 1 aromatic heterocycles. The van der Waals surface area contributed by atoms with Crippen LogP contribution >= 0.6 is 0 Å². The summed E-state index contributed by atoms with van der Waals surface area (Å²) in [5.74, 6) is 0.611. The minimum absolute atomic E-state index is 0.164. The zero-order valence-corrected chi connectivity index (χ0v) is 8.20. The molecule has 2 rings (SSSR count). The van der Waals surface area contributed by atoms with Crippen molar-refractivity contribution in [1.82, 2.24) is 4.98 Å². The van der Waals surface area contributed by atoms with Gasteiger partial charge in [0.05, 0.1) is 11.3 Å². The summed E-state index contributed by atoms with van der Waals surface area (Å²) in [5.41, 5.74) is 8.19. The third-order valence-corrected chi connectivity index (χ3v) is 2.49. The Kier molecular flexibility index (Phi) is 2.22. The van der Waals surface area contributed by atoms with Crippen LogP contribution in [0.2, 0.25) is 0 Å². The molecular weight excluding hydrogens is 174 g/mol. The average Bonchev–Trinajstić information content (AvgIpc) is 3.00. The van der Waals surface area contributed by atoms with Gasteiger partial charge in [0.1, 0.15) is 6.07 Å². The third-order valence-electron chi connectivity index (χ3n) is 2.49. The van der Waals surface area contributed by atoms with Crippen LogP contribution in [0.5, 0.6) is 0 Å². The van der Waals surface area contributed by atoms with E-state index in [-0.39, 0.29) is 6.04 Å². The van der Waals surface area contributed by atoms with Crippen molar-refractivity contribution in [3.05, 3.63) is 29.1 Å². The Bertz CT molecular complexity index is 386. The molecule has 14 heavy (non-hydrogen) atoms. The van der Waals surface area contributed by atoms with Crippen LogP contribution < -0.4 is 5.73 Å². The van der Waals surface area contributed by atoms with Gasteiger partial charge in [0.25, 0.3) is 0 Å². The average molecular weight is 187 g/mol. The normalized spacial score (nSPS) is 17.5. The lowest BCUT2D eigenvalue weighted by molar-refractivity contribution is 0.764. The summed E-state index contributed by atoms with van der Waals surface area (Å²) in [7, 11) is 0. The maximum Gasteiger partial charge on any atom is 0.101 e. The maximum absolute atomic E-state index is 8.87. The summed E-state index contributed by atoms with van der Waals surface area (Å²) in [5, 5.41) is 8.87. The van der Waals surface area contributed by atoms with Crippen LogP contribution in [0, 0.1) is 11.3 Å². The maximum atomic E-state index is 8.87. The van der Waals surface area contributed by atoms with E-state index in [0.29, 0.717) is 11.5 Å². The van der Waals surface area contributed by atoms with Gasteiger partial charge in [-0.3, -0.25) is 4.98 Å². The second-order valence-corrected chi connectivity index (χ2v) is 3.84. The number of nitrogens with two attached hydrogens (primary N) is 1. The Morgan fingerprint density at radius 1 is 1.57 bits per heavy atom. The number of hydrogen-bond donors (Lipinski definition) is 1. The van der Waals surface area contributed by atoms with Crippen molar-refractivity contribution in [2.24, 2.45) is 5.73 Å². The Morgan fingerprint density at radius 2 is 2.29 bits per heavy atom. The van der Waals surface area contributed by atoms with Crippen molar-refractivity contribution >= 4 is 0 Å². The summed E-state index contributed by atoms with van der Waals surface area (Å²) in [6, 6.07) is 5.74. The summed E-state index contributed by atoms with van der Waals surface area (Å²) in [6.45, 7) is 1.86. The van der Waals surface area contributed by atoms with E-state index in [1.54, 1.807) is 0 Å². The van der Waals surface area contributed by atoms with E-state index >= 15 is 0 Å². The molecule has 0 spiro atoms. The number of nitriles is 1. The van der Waals surface area contributed by atoms with E-state index < -0.39 is 0 Å².